The van der Waals surface area contributed by atoms with E-state index in [-0.39, 0.29) is 0 Å². The summed E-state index contributed by atoms with van der Waals surface area (Å²) in [5, 5.41) is 0. The lowest BCUT2D eigenvalue weighted by Crippen LogP contribution is -2.26. The summed E-state index contributed by atoms with van der Waals surface area (Å²) in [6.07, 6.45) is 3.29. The van der Waals surface area contributed by atoms with Gasteiger partial charge in [-0.25, -0.2) is 4.98 Å². The van der Waals surface area contributed by atoms with Crippen LogP contribution in [0.4, 0.5) is 0 Å². The van der Waals surface area contributed by atoms with Gasteiger partial charge in [-0.2, -0.15) is 0 Å². The first-order chi connectivity index (χ1) is 18.2. The van der Waals surface area contributed by atoms with Gasteiger partial charge in [0.2, 0.25) is 0 Å². The number of unbranched alkanes of at least 4 members (excludes halogenated alkanes) is 1. The molecule has 0 spiro atoms. The van der Waals surface area contributed by atoms with Crippen LogP contribution in [0.15, 0.2) is 78.9 Å². The van der Waals surface area contributed by atoms with Crippen LogP contribution in [-0.4, -0.2) is 35.2 Å². The van der Waals surface area contributed by atoms with Crippen molar-refractivity contribution in [2.75, 3.05) is 20.8 Å². The van der Waals surface area contributed by atoms with E-state index in [9.17, 15) is 0 Å². The summed E-state index contributed by atoms with van der Waals surface area (Å²) in [4.78, 5) is 7.77. The molecule has 1 aromatic heterocycles. The summed E-state index contributed by atoms with van der Waals surface area (Å²) in [5.74, 6) is 2.77. The third kappa shape index (κ3) is 6.41. The van der Waals surface area contributed by atoms with Gasteiger partial charge in [0.25, 0.3) is 0 Å². The van der Waals surface area contributed by atoms with Crippen molar-refractivity contribution in [2.45, 2.75) is 52.7 Å². The number of nitrogens with zero attached hydrogens (tertiary/aromatic N) is 3. The van der Waals surface area contributed by atoms with Crippen molar-refractivity contribution in [1.82, 2.24) is 14.5 Å². The minimum absolute atomic E-state index is 0.766. The van der Waals surface area contributed by atoms with Crippen molar-refractivity contribution < 1.29 is 9.47 Å². The molecule has 0 bridgehead atoms. The van der Waals surface area contributed by atoms with Gasteiger partial charge in [0.15, 0.2) is 0 Å². The number of aromatic nitrogens is 2. The van der Waals surface area contributed by atoms with Crippen LogP contribution < -0.4 is 9.47 Å². The van der Waals surface area contributed by atoms with Crippen LogP contribution in [0.25, 0.3) is 22.6 Å². The number of hydrogen-bond donors (Lipinski definition) is 0. The number of benzene rings is 3. The molecular formula is C32H39N3O2. The second kappa shape index (κ2) is 13.1. The van der Waals surface area contributed by atoms with Crippen LogP contribution in [0, 0.1) is 0 Å². The zero-order valence-electron chi connectivity index (χ0n) is 22.6. The Bertz CT molecular complexity index is 1250. The molecule has 4 rings (SSSR count). The zero-order valence-corrected chi connectivity index (χ0v) is 22.6. The molecule has 4 aromatic rings. The molecule has 3 aromatic carbocycles. The van der Waals surface area contributed by atoms with E-state index in [4.69, 9.17) is 14.5 Å². The van der Waals surface area contributed by atoms with E-state index < -0.39 is 0 Å². The van der Waals surface area contributed by atoms with E-state index in [2.05, 4.69) is 90.0 Å². The van der Waals surface area contributed by atoms with Gasteiger partial charge in [0.05, 0.1) is 25.6 Å². The Kier molecular flexibility index (Phi) is 9.39. The summed E-state index contributed by atoms with van der Waals surface area (Å²) in [6, 6.07) is 27.2. The fourth-order valence-corrected chi connectivity index (χ4v) is 4.83. The van der Waals surface area contributed by atoms with E-state index in [0.717, 1.165) is 85.1 Å². The Balaban J connectivity index is 1.80. The molecule has 0 aliphatic heterocycles. The van der Waals surface area contributed by atoms with Gasteiger partial charge in [-0.3, -0.25) is 4.90 Å². The van der Waals surface area contributed by atoms with Gasteiger partial charge < -0.3 is 14.0 Å². The first-order valence-electron chi connectivity index (χ1n) is 13.3. The number of imidazole rings is 1. The van der Waals surface area contributed by atoms with E-state index >= 15 is 0 Å². The lowest BCUT2D eigenvalue weighted by atomic mass is 10.1. The highest BCUT2D eigenvalue weighted by Crippen LogP contribution is 2.32. The van der Waals surface area contributed by atoms with Crippen molar-refractivity contribution in [3.05, 3.63) is 90.1 Å². The minimum atomic E-state index is 0.766. The second-order valence-electron chi connectivity index (χ2n) is 9.36. The maximum atomic E-state index is 5.71. The zero-order chi connectivity index (χ0) is 26.0. The van der Waals surface area contributed by atoms with Crippen molar-refractivity contribution >= 4 is 0 Å². The van der Waals surface area contributed by atoms with E-state index in [0.29, 0.717) is 0 Å². The van der Waals surface area contributed by atoms with Gasteiger partial charge in [-0.15, -0.1) is 0 Å². The van der Waals surface area contributed by atoms with Crippen molar-refractivity contribution in [1.29, 1.82) is 0 Å². The predicted octanol–water partition coefficient (Wildman–Crippen LogP) is 7.45. The Morgan fingerprint density at radius 1 is 0.784 bits per heavy atom. The highest BCUT2D eigenvalue weighted by molar-refractivity contribution is 5.68. The van der Waals surface area contributed by atoms with Crippen LogP contribution in [0.5, 0.6) is 11.5 Å². The maximum Gasteiger partial charge on any atom is 0.140 e. The molecular weight excluding hydrogens is 458 g/mol. The molecule has 0 N–H and O–H groups in total. The SMILES string of the molecule is CCCCn1c(-c2ccccc2)nc(-c2ccccc2)c1CN(CCC)Cc1cc(OC)ccc1OC. The standard InChI is InChI=1S/C32H39N3O2/c1-5-7-21-35-29(24-34(20-6-2)23-27-22-28(36-3)18-19-30(27)37-4)31(25-14-10-8-11-15-25)33-32(35)26-16-12-9-13-17-26/h8-19,22H,5-7,20-21,23-24H2,1-4H3. The second-order valence-corrected chi connectivity index (χ2v) is 9.36. The smallest absolute Gasteiger partial charge is 0.140 e. The number of methoxy groups -OCH3 is 2. The third-order valence-electron chi connectivity index (χ3n) is 6.68. The van der Waals surface area contributed by atoms with Crippen LogP contribution in [-0.2, 0) is 19.6 Å². The van der Waals surface area contributed by atoms with Crippen molar-refractivity contribution in [2.24, 2.45) is 0 Å². The average Bonchev–Trinajstić information content (AvgIpc) is 3.30. The lowest BCUT2D eigenvalue weighted by Gasteiger charge is -2.25. The summed E-state index contributed by atoms with van der Waals surface area (Å²) in [6.45, 7) is 7.95. The van der Waals surface area contributed by atoms with Gasteiger partial charge in [0.1, 0.15) is 17.3 Å². The molecule has 0 atom stereocenters. The molecule has 0 aliphatic carbocycles. The molecule has 194 valence electrons. The van der Waals surface area contributed by atoms with Crippen molar-refractivity contribution in [3.63, 3.8) is 0 Å². The molecule has 0 fully saturated rings. The highest BCUT2D eigenvalue weighted by atomic mass is 16.5. The first-order valence-corrected chi connectivity index (χ1v) is 13.3. The first kappa shape index (κ1) is 26.5. The van der Waals surface area contributed by atoms with E-state index in [1.807, 2.05) is 12.1 Å². The maximum absolute atomic E-state index is 5.71. The molecule has 0 unspecified atom stereocenters. The molecule has 5 nitrogen and oxygen atoms in total. The Hall–Kier alpha value is -3.57. The summed E-state index contributed by atoms with van der Waals surface area (Å²) in [7, 11) is 3.44. The van der Waals surface area contributed by atoms with Gasteiger partial charge in [-0.05, 0) is 37.6 Å². The Morgan fingerprint density at radius 2 is 1.49 bits per heavy atom. The minimum Gasteiger partial charge on any atom is -0.497 e. The van der Waals surface area contributed by atoms with Crippen LogP contribution >= 0.6 is 0 Å². The third-order valence-corrected chi connectivity index (χ3v) is 6.68. The highest BCUT2D eigenvalue weighted by Gasteiger charge is 2.22. The molecule has 1 heterocycles. The summed E-state index contributed by atoms with van der Waals surface area (Å²) < 4.78 is 13.7. The molecule has 0 aliphatic rings. The van der Waals surface area contributed by atoms with Gasteiger partial charge in [-0.1, -0.05) is 80.9 Å². The summed E-state index contributed by atoms with van der Waals surface area (Å²) >= 11 is 0. The molecule has 0 saturated carbocycles. The molecule has 5 heteroatoms. The number of rotatable bonds is 13. The predicted molar refractivity (Wildman–Crippen MR) is 152 cm³/mol. The van der Waals surface area contributed by atoms with Crippen LogP contribution in [0.3, 0.4) is 0 Å². The molecule has 37 heavy (non-hydrogen) atoms. The topological polar surface area (TPSA) is 39.5 Å². The van der Waals surface area contributed by atoms with E-state index in [1.54, 1.807) is 14.2 Å². The quantitative estimate of drug-likeness (QED) is 0.192. The largest absolute Gasteiger partial charge is 0.497 e. The van der Waals surface area contributed by atoms with Crippen LogP contribution in [0.1, 0.15) is 44.4 Å². The monoisotopic (exact) mass is 497 g/mol. The molecule has 0 amide bonds. The van der Waals surface area contributed by atoms with Crippen molar-refractivity contribution in [3.8, 4) is 34.1 Å². The lowest BCUT2D eigenvalue weighted by molar-refractivity contribution is 0.246. The van der Waals surface area contributed by atoms with Gasteiger partial charge in [0, 0.05) is 36.3 Å². The van der Waals surface area contributed by atoms with Crippen LogP contribution in [0.2, 0.25) is 0 Å². The number of hydrogen-bond acceptors (Lipinski definition) is 4. The molecule has 0 radical (unpaired) electrons. The normalized spacial score (nSPS) is 11.2. The Morgan fingerprint density at radius 3 is 2.11 bits per heavy atom. The fraction of sp³-hybridized carbons (Fsp3) is 0.344. The molecule has 0 saturated heterocycles. The average molecular weight is 498 g/mol. The Labute approximate surface area is 221 Å². The van der Waals surface area contributed by atoms with Gasteiger partial charge >= 0.3 is 0 Å². The summed E-state index contributed by atoms with van der Waals surface area (Å²) in [5.41, 5.74) is 5.75. The number of ether oxygens (including phenoxy) is 2. The van der Waals surface area contributed by atoms with E-state index in [1.165, 1.54) is 5.69 Å². The fourth-order valence-electron chi connectivity index (χ4n) is 4.83.